The average molecular weight is 273 g/mol. The third kappa shape index (κ3) is 2.82. The van der Waals surface area contributed by atoms with Crippen LogP contribution in [0.25, 0.3) is 0 Å². The molecule has 20 heavy (non-hydrogen) atoms. The average Bonchev–Trinajstić information content (AvgIpc) is 2.47. The molecular formula is C15H19N3O2. The van der Waals surface area contributed by atoms with Crippen molar-refractivity contribution in [2.45, 2.75) is 18.8 Å². The van der Waals surface area contributed by atoms with E-state index in [1.165, 1.54) is 18.4 Å². The van der Waals surface area contributed by atoms with Crippen molar-refractivity contribution in [1.29, 1.82) is 0 Å². The van der Waals surface area contributed by atoms with Crippen LogP contribution < -0.4 is 15.5 Å². The van der Waals surface area contributed by atoms with Crippen molar-refractivity contribution in [1.82, 2.24) is 10.6 Å². The lowest BCUT2D eigenvalue weighted by atomic mass is 9.90. The van der Waals surface area contributed by atoms with Gasteiger partial charge in [-0.25, -0.2) is 0 Å². The molecule has 5 heteroatoms. The van der Waals surface area contributed by atoms with E-state index in [0.29, 0.717) is 5.92 Å². The number of hydrogen-bond acceptors (Lipinski definition) is 4. The molecular weight excluding hydrogens is 254 g/mol. The molecule has 0 saturated carbocycles. The fourth-order valence-corrected chi connectivity index (χ4v) is 2.93. The summed E-state index contributed by atoms with van der Waals surface area (Å²) in [6, 6.07) is 8.29. The molecule has 0 bridgehead atoms. The molecule has 0 spiro atoms. The fourth-order valence-electron chi connectivity index (χ4n) is 2.93. The van der Waals surface area contributed by atoms with E-state index in [9.17, 15) is 9.59 Å². The van der Waals surface area contributed by atoms with Gasteiger partial charge in [0.25, 0.3) is 0 Å². The van der Waals surface area contributed by atoms with Gasteiger partial charge in [0.05, 0.1) is 13.1 Å². The minimum Gasteiger partial charge on any atom is -0.353 e. The summed E-state index contributed by atoms with van der Waals surface area (Å²) in [6.45, 7) is 2.65. The number of piperazine rings is 1. The number of anilines is 1. The molecule has 2 amide bonds. The molecule has 0 aliphatic carbocycles. The van der Waals surface area contributed by atoms with Gasteiger partial charge in [-0.05, 0) is 49.5 Å². The number of benzene rings is 1. The molecule has 0 unspecified atom stereocenters. The quantitative estimate of drug-likeness (QED) is 0.775. The summed E-state index contributed by atoms with van der Waals surface area (Å²) in [6.07, 6.45) is 2.34. The Bertz CT molecular complexity index is 490. The predicted octanol–water partition coefficient (Wildman–Crippen LogP) is 0.616. The van der Waals surface area contributed by atoms with Gasteiger partial charge in [0.15, 0.2) is 0 Å². The van der Waals surface area contributed by atoms with Crippen LogP contribution in [-0.2, 0) is 9.59 Å². The topological polar surface area (TPSA) is 61.4 Å². The van der Waals surface area contributed by atoms with Crippen molar-refractivity contribution in [3.63, 3.8) is 0 Å². The highest BCUT2D eigenvalue weighted by molar-refractivity contribution is 6.02. The van der Waals surface area contributed by atoms with E-state index in [0.717, 1.165) is 18.8 Å². The molecule has 106 valence electrons. The highest BCUT2D eigenvalue weighted by atomic mass is 16.2. The summed E-state index contributed by atoms with van der Waals surface area (Å²) >= 11 is 0. The maximum Gasteiger partial charge on any atom is 0.246 e. The molecule has 2 saturated heterocycles. The van der Waals surface area contributed by atoms with Crippen molar-refractivity contribution in [3.8, 4) is 0 Å². The van der Waals surface area contributed by atoms with Crippen LogP contribution in [0.15, 0.2) is 24.3 Å². The van der Waals surface area contributed by atoms with Crippen LogP contribution in [0.3, 0.4) is 0 Å². The standard InChI is InChI=1S/C15H19N3O2/c19-14-9-18(10-15(20)17-14)13-3-1-11(2-4-13)12-5-7-16-8-6-12/h1-4,12,16H,5-10H2,(H,17,19,20). The van der Waals surface area contributed by atoms with Crippen LogP contribution in [0, 0.1) is 0 Å². The van der Waals surface area contributed by atoms with Crippen molar-refractivity contribution < 1.29 is 9.59 Å². The van der Waals surface area contributed by atoms with Crippen LogP contribution in [0.1, 0.15) is 24.3 Å². The van der Waals surface area contributed by atoms with Crippen molar-refractivity contribution in [2.24, 2.45) is 0 Å². The Labute approximate surface area is 118 Å². The summed E-state index contributed by atoms with van der Waals surface area (Å²) in [5.41, 5.74) is 2.29. The van der Waals surface area contributed by atoms with Crippen molar-refractivity contribution in [3.05, 3.63) is 29.8 Å². The Balaban J connectivity index is 1.72. The molecule has 5 nitrogen and oxygen atoms in total. The number of rotatable bonds is 2. The maximum absolute atomic E-state index is 11.4. The number of carbonyl (C=O) groups is 2. The highest BCUT2D eigenvalue weighted by Gasteiger charge is 2.23. The minimum atomic E-state index is -0.233. The molecule has 2 fully saturated rings. The first-order valence-electron chi connectivity index (χ1n) is 7.11. The summed E-state index contributed by atoms with van der Waals surface area (Å²) in [5, 5.41) is 5.68. The van der Waals surface area contributed by atoms with Crippen molar-refractivity contribution in [2.75, 3.05) is 31.1 Å². The fraction of sp³-hybridized carbons (Fsp3) is 0.467. The number of carbonyl (C=O) groups excluding carboxylic acids is 2. The summed E-state index contributed by atoms with van der Waals surface area (Å²) in [7, 11) is 0. The Kier molecular flexibility index (Phi) is 3.69. The number of piperidine rings is 1. The molecule has 2 heterocycles. The van der Waals surface area contributed by atoms with Crippen LogP contribution >= 0.6 is 0 Å². The summed E-state index contributed by atoms with van der Waals surface area (Å²) < 4.78 is 0. The van der Waals surface area contributed by atoms with E-state index in [4.69, 9.17) is 0 Å². The Morgan fingerprint density at radius 1 is 0.950 bits per heavy atom. The molecule has 2 aliphatic heterocycles. The van der Waals surface area contributed by atoms with Gasteiger partial charge < -0.3 is 10.2 Å². The van der Waals surface area contributed by atoms with E-state index in [2.05, 4.69) is 22.8 Å². The second-order valence-electron chi connectivity index (χ2n) is 5.44. The van der Waals surface area contributed by atoms with Gasteiger partial charge in [-0.3, -0.25) is 14.9 Å². The van der Waals surface area contributed by atoms with Gasteiger partial charge >= 0.3 is 0 Å². The van der Waals surface area contributed by atoms with Gasteiger partial charge in [0, 0.05) is 5.69 Å². The lowest BCUT2D eigenvalue weighted by Gasteiger charge is -2.28. The Morgan fingerprint density at radius 2 is 1.55 bits per heavy atom. The number of nitrogens with zero attached hydrogens (tertiary/aromatic N) is 1. The molecule has 3 rings (SSSR count). The van der Waals surface area contributed by atoms with Crippen LogP contribution in [-0.4, -0.2) is 38.0 Å². The highest BCUT2D eigenvalue weighted by Crippen LogP contribution is 2.27. The SMILES string of the molecule is O=C1CN(c2ccc(C3CCNCC3)cc2)CC(=O)N1. The van der Waals surface area contributed by atoms with Crippen molar-refractivity contribution >= 4 is 17.5 Å². The van der Waals surface area contributed by atoms with E-state index >= 15 is 0 Å². The number of hydrogen-bond donors (Lipinski definition) is 2. The van der Waals surface area contributed by atoms with Gasteiger partial charge in [-0.1, -0.05) is 12.1 Å². The molecule has 1 aromatic rings. The zero-order valence-electron chi connectivity index (χ0n) is 11.4. The normalized spacial score (nSPS) is 20.9. The van der Waals surface area contributed by atoms with E-state index in [1.807, 2.05) is 17.0 Å². The zero-order chi connectivity index (χ0) is 13.9. The monoisotopic (exact) mass is 273 g/mol. The van der Waals surface area contributed by atoms with E-state index in [1.54, 1.807) is 0 Å². The van der Waals surface area contributed by atoms with E-state index in [-0.39, 0.29) is 24.9 Å². The summed E-state index contributed by atoms with van der Waals surface area (Å²) in [5.74, 6) is 0.156. The first-order valence-corrected chi connectivity index (χ1v) is 7.11. The van der Waals surface area contributed by atoms with Gasteiger partial charge in [0.1, 0.15) is 0 Å². The first-order chi connectivity index (χ1) is 9.72. The summed E-state index contributed by atoms with van der Waals surface area (Å²) in [4.78, 5) is 24.6. The predicted molar refractivity (Wildman–Crippen MR) is 76.6 cm³/mol. The maximum atomic E-state index is 11.4. The van der Waals surface area contributed by atoms with Crippen LogP contribution in [0.4, 0.5) is 5.69 Å². The molecule has 2 N–H and O–H groups in total. The van der Waals surface area contributed by atoms with Gasteiger partial charge in [-0.15, -0.1) is 0 Å². The zero-order valence-corrected chi connectivity index (χ0v) is 11.4. The molecule has 0 aromatic heterocycles. The smallest absolute Gasteiger partial charge is 0.246 e. The van der Waals surface area contributed by atoms with Crippen LogP contribution in [0.2, 0.25) is 0 Å². The van der Waals surface area contributed by atoms with Crippen LogP contribution in [0.5, 0.6) is 0 Å². The Hall–Kier alpha value is -1.88. The lowest BCUT2D eigenvalue weighted by Crippen LogP contribution is -2.51. The number of nitrogens with one attached hydrogen (secondary N) is 2. The third-order valence-corrected chi connectivity index (χ3v) is 4.02. The van der Waals surface area contributed by atoms with E-state index < -0.39 is 0 Å². The molecule has 2 aliphatic rings. The van der Waals surface area contributed by atoms with Gasteiger partial charge in [0.2, 0.25) is 11.8 Å². The molecule has 1 aromatic carbocycles. The second kappa shape index (κ2) is 5.63. The molecule has 0 atom stereocenters. The number of imide groups is 1. The largest absolute Gasteiger partial charge is 0.353 e. The van der Waals surface area contributed by atoms with Gasteiger partial charge in [-0.2, -0.15) is 0 Å². The number of amides is 2. The first kappa shape index (κ1) is 13.1. The third-order valence-electron chi connectivity index (χ3n) is 4.02. The minimum absolute atomic E-state index is 0.233. The molecule has 0 radical (unpaired) electrons. The lowest BCUT2D eigenvalue weighted by molar-refractivity contribution is -0.130. The Morgan fingerprint density at radius 3 is 2.15 bits per heavy atom. The second-order valence-corrected chi connectivity index (χ2v) is 5.44.